The maximum absolute atomic E-state index is 11.9. The number of aryl methyl sites for hydroxylation is 1. The molecule has 0 atom stereocenters. The van der Waals surface area contributed by atoms with Gasteiger partial charge in [-0.3, -0.25) is 0 Å². The second kappa shape index (κ2) is 6.75. The molecule has 0 spiro atoms. The monoisotopic (exact) mass is 341 g/mol. The number of ether oxygens (including phenoxy) is 1. The molecule has 0 aromatic heterocycles. The van der Waals surface area contributed by atoms with Crippen LogP contribution in [0.25, 0.3) is 6.08 Å². The van der Waals surface area contributed by atoms with Crippen LogP contribution in [0.1, 0.15) is 24.0 Å². The van der Waals surface area contributed by atoms with Gasteiger partial charge in [-0.05, 0) is 31.4 Å². The molecule has 1 aromatic rings. The second-order valence-electron chi connectivity index (χ2n) is 5.33. The van der Waals surface area contributed by atoms with Crippen LogP contribution in [0.5, 0.6) is 5.75 Å². The van der Waals surface area contributed by atoms with E-state index in [0.29, 0.717) is 23.9 Å². The van der Waals surface area contributed by atoms with Gasteiger partial charge in [-0.25, -0.2) is 12.7 Å². The minimum Gasteiger partial charge on any atom is -0.439 e. The van der Waals surface area contributed by atoms with Crippen LogP contribution in [0.15, 0.2) is 35.7 Å². The van der Waals surface area contributed by atoms with E-state index in [0.717, 1.165) is 29.4 Å². The molecule has 0 saturated carbocycles. The van der Waals surface area contributed by atoms with Gasteiger partial charge < -0.3 is 4.74 Å². The summed E-state index contributed by atoms with van der Waals surface area (Å²) in [4.78, 5) is 0. The lowest BCUT2D eigenvalue weighted by atomic mass is 10.1. The molecule has 0 unspecified atom stereocenters. The fourth-order valence-corrected chi connectivity index (χ4v) is 2.75. The Bertz CT molecular complexity index is 723. The van der Waals surface area contributed by atoms with E-state index in [1.165, 1.54) is 11.4 Å². The van der Waals surface area contributed by atoms with E-state index < -0.39 is 10.0 Å². The maximum atomic E-state index is 11.9. The highest BCUT2D eigenvalue weighted by Crippen LogP contribution is 2.31. The van der Waals surface area contributed by atoms with E-state index in [1.807, 2.05) is 37.3 Å². The molecule has 0 aliphatic carbocycles. The number of hydrogen-bond donors (Lipinski definition) is 0. The van der Waals surface area contributed by atoms with Crippen molar-refractivity contribution in [2.75, 3.05) is 19.2 Å². The fourth-order valence-electron chi connectivity index (χ4n) is 2.16. The van der Waals surface area contributed by atoms with E-state index in [-0.39, 0.29) is 0 Å². The first kappa shape index (κ1) is 16.9. The highest BCUT2D eigenvalue weighted by atomic mass is 35.5. The Balaban J connectivity index is 2.50. The van der Waals surface area contributed by atoms with E-state index in [1.54, 1.807) is 0 Å². The molecule has 4 nitrogen and oxygen atoms in total. The van der Waals surface area contributed by atoms with Crippen LogP contribution < -0.4 is 4.74 Å². The summed E-state index contributed by atoms with van der Waals surface area (Å²) in [6, 6.07) is 5.86. The van der Waals surface area contributed by atoms with Crippen LogP contribution in [0.2, 0.25) is 0 Å². The zero-order valence-corrected chi connectivity index (χ0v) is 14.5. The third-order valence-corrected chi connectivity index (χ3v) is 4.91. The average molecular weight is 342 g/mol. The summed E-state index contributed by atoms with van der Waals surface area (Å²) < 4.78 is 30.9. The summed E-state index contributed by atoms with van der Waals surface area (Å²) >= 11 is 5.77. The predicted octanol–water partition coefficient (Wildman–Crippen LogP) is 3.52. The molecule has 6 heteroatoms. The van der Waals surface area contributed by atoms with E-state index in [4.69, 9.17) is 16.3 Å². The molecule has 0 saturated heterocycles. The van der Waals surface area contributed by atoms with E-state index in [2.05, 4.69) is 0 Å². The number of nitrogens with zero attached hydrogens (tertiary/aromatic N) is 1. The minimum absolute atomic E-state index is 0.341. The van der Waals surface area contributed by atoms with Gasteiger partial charge in [-0.2, -0.15) is 0 Å². The van der Waals surface area contributed by atoms with Gasteiger partial charge in [0.1, 0.15) is 5.75 Å². The minimum atomic E-state index is -3.41. The molecule has 0 radical (unpaired) electrons. The Labute approximate surface area is 137 Å². The lowest BCUT2D eigenvalue weighted by molar-refractivity contribution is 0.317. The van der Waals surface area contributed by atoms with Crippen molar-refractivity contribution in [1.82, 2.24) is 4.31 Å². The molecule has 120 valence electrons. The quantitative estimate of drug-likeness (QED) is 0.770. The normalized spacial score (nSPS) is 14.4. The molecule has 1 aromatic carbocycles. The van der Waals surface area contributed by atoms with Crippen molar-refractivity contribution in [3.8, 4) is 5.75 Å². The zero-order chi connectivity index (χ0) is 16.3. The van der Waals surface area contributed by atoms with Crippen molar-refractivity contribution < 1.29 is 13.2 Å². The molecule has 1 heterocycles. The molecule has 2 rings (SSSR count). The van der Waals surface area contributed by atoms with Gasteiger partial charge in [-0.1, -0.05) is 24.3 Å². The first-order valence-electron chi connectivity index (χ1n) is 7.02. The van der Waals surface area contributed by atoms with Gasteiger partial charge in [0.15, 0.2) is 0 Å². The van der Waals surface area contributed by atoms with Crippen molar-refractivity contribution in [2.24, 2.45) is 0 Å². The Morgan fingerprint density at radius 2 is 2.00 bits per heavy atom. The Morgan fingerprint density at radius 3 is 2.64 bits per heavy atom. The molecule has 0 fully saturated rings. The summed E-state index contributed by atoms with van der Waals surface area (Å²) in [6.07, 6.45) is 6.42. The largest absolute Gasteiger partial charge is 0.439 e. The van der Waals surface area contributed by atoms with Crippen LogP contribution in [-0.4, -0.2) is 31.9 Å². The van der Waals surface area contributed by atoms with Crippen molar-refractivity contribution in [3.05, 3.63) is 46.9 Å². The Kier molecular flexibility index (Phi) is 5.19. The molecule has 22 heavy (non-hydrogen) atoms. The topological polar surface area (TPSA) is 46.6 Å². The number of halogens is 1. The van der Waals surface area contributed by atoms with Gasteiger partial charge in [0.2, 0.25) is 15.9 Å². The summed E-state index contributed by atoms with van der Waals surface area (Å²) in [5.74, 6) is 1.51. The Morgan fingerprint density at radius 1 is 1.27 bits per heavy atom. The van der Waals surface area contributed by atoms with E-state index in [9.17, 15) is 8.42 Å². The Hall–Kier alpha value is -1.46. The second-order valence-corrected chi connectivity index (χ2v) is 7.72. The van der Waals surface area contributed by atoms with Crippen LogP contribution >= 0.6 is 11.6 Å². The number of sulfonamides is 1. The molecule has 0 bridgehead atoms. The number of benzene rings is 1. The van der Waals surface area contributed by atoms with Crippen LogP contribution in [0.3, 0.4) is 0 Å². The molecule has 1 aliphatic rings. The van der Waals surface area contributed by atoms with Crippen LogP contribution in [-0.2, 0) is 10.0 Å². The molecule has 0 N–H and O–H groups in total. The summed E-state index contributed by atoms with van der Waals surface area (Å²) in [5.41, 5.74) is 2.80. The number of hydrogen-bond acceptors (Lipinski definition) is 3. The number of allylic oxidation sites excluding steroid dienone is 2. The smallest absolute Gasteiger partial charge is 0.234 e. The van der Waals surface area contributed by atoms with Gasteiger partial charge >= 0.3 is 0 Å². The SMILES string of the molecule is Cc1ccc2c(c1)OC(N(C)S(C)(=O)=O)=C(CCCCl)C=C2. The fraction of sp³-hybridized carbons (Fsp3) is 0.375. The van der Waals surface area contributed by atoms with Gasteiger partial charge in [-0.15, -0.1) is 11.6 Å². The van der Waals surface area contributed by atoms with E-state index >= 15 is 0 Å². The third-order valence-electron chi connectivity index (χ3n) is 3.48. The average Bonchev–Trinajstić information content (AvgIpc) is 2.62. The van der Waals surface area contributed by atoms with Gasteiger partial charge in [0, 0.05) is 24.1 Å². The highest BCUT2D eigenvalue weighted by Gasteiger charge is 2.23. The summed E-state index contributed by atoms with van der Waals surface area (Å²) in [7, 11) is -1.91. The van der Waals surface area contributed by atoms with Crippen LogP contribution in [0.4, 0.5) is 0 Å². The third kappa shape index (κ3) is 3.84. The molecule has 1 aliphatic heterocycles. The maximum Gasteiger partial charge on any atom is 0.234 e. The molecular formula is C16H20ClNO3S. The summed E-state index contributed by atoms with van der Waals surface area (Å²) in [5, 5.41) is 0. The van der Waals surface area contributed by atoms with Crippen molar-refractivity contribution in [1.29, 1.82) is 0 Å². The van der Waals surface area contributed by atoms with Crippen molar-refractivity contribution in [2.45, 2.75) is 19.8 Å². The number of rotatable bonds is 5. The first-order chi connectivity index (χ1) is 10.3. The summed E-state index contributed by atoms with van der Waals surface area (Å²) in [6.45, 7) is 1.97. The predicted molar refractivity (Wildman–Crippen MR) is 90.4 cm³/mol. The lowest BCUT2D eigenvalue weighted by Crippen LogP contribution is -2.29. The standard InChI is InChI=1S/C16H20ClNO3S/c1-12-6-7-13-8-9-14(5-4-10-17)16(21-15(13)11-12)18(2)22(3,19)20/h6-9,11H,4-5,10H2,1-3H3. The van der Waals surface area contributed by atoms with Crippen molar-refractivity contribution >= 4 is 27.7 Å². The van der Waals surface area contributed by atoms with Gasteiger partial charge in [0.25, 0.3) is 0 Å². The lowest BCUT2D eigenvalue weighted by Gasteiger charge is -2.22. The first-order valence-corrected chi connectivity index (χ1v) is 9.41. The van der Waals surface area contributed by atoms with Crippen molar-refractivity contribution in [3.63, 3.8) is 0 Å². The highest BCUT2D eigenvalue weighted by molar-refractivity contribution is 7.88. The van der Waals surface area contributed by atoms with Crippen LogP contribution in [0, 0.1) is 6.92 Å². The number of alkyl halides is 1. The molecular weight excluding hydrogens is 322 g/mol. The molecule has 0 amide bonds. The number of fused-ring (bicyclic) bond motifs is 1. The zero-order valence-electron chi connectivity index (χ0n) is 13.0. The van der Waals surface area contributed by atoms with Gasteiger partial charge in [0.05, 0.1) is 6.26 Å².